The van der Waals surface area contributed by atoms with Crippen molar-refractivity contribution < 1.29 is 27.8 Å². The predicted molar refractivity (Wildman–Crippen MR) is 117 cm³/mol. The van der Waals surface area contributed by atoms with Crippen LogP contribution >= 0.6 is 0 Å². The average molecular weight is 456 g/mol. The van der Waals surface area contributed by atoms with Crippen LogP contribution in [0.2, 0.25) is 0 Å². The lowest BCUT2D eigenvalue weighted by Crippen LogP contribution is -2.30. The summed E-state index contributed by atoms with van der Waals surface area (Å²) in [5.41, 5.74) is 5.22. The molecule has 33 heavy (non-hydrogen) atoms. The Bertz CT molecular complexity index is 1150. The van der Waals surface area contributed by atoms with Crippen LogP contribution in [0.1, 0.15) is 45.1 Å². The number of hydrogen-bond donors (Lipinski definition) is 2. The molecule has 0 spiro atoms. The second-order valence-electron chi connectivity index (χ2n) is 7.94. The molecule has 2 aromatic carbocycles. The molecule has 0 saturated heterocycles. The lowest BCUT2D eigenvalue weighted by molar-refractivity contribution is -0.330. The molecule has 0 bridgehead atoms. The van der Waals surface area contributed by atoms with Crippen LogP contribution in [0.4, 0.5) is 13.2 Å². The number of hydrogen-bond acceptors (Lipinski definition) is 4. The zero-order valence-corrected chi connectivity index (χ0v) is 17.7. The molecule has 0 fully saturated rings. The maximum absolute atomic E-state index is 12.5. The number of nitrogens with zero attached hydrogens (tertiary/aromatic N) is 1. The molecule has 0 unspecified atom stereocenters. The van der Waals surface area contributed by atoms with Gasteiger partial charge in [0.05, 0.1) is 12.2 Å². The Balaban J connectivity index is 1.55. The van der Waals surface area contributed by atoms with E-state index in [1.807, 2.05) is 18.2 Å². The predicted octanol–water partition coefficient (Wildman–Crippen LogP) is 5.30. The first kappa shape index (κ1) is 22.9. The second-order valence-corrected chi connectivity index (χ2v) is 7.94. The minimum atomic E-state index is -4.68. The SMILES string of the molecule is O=C(O)c1ccncc1CC[C@H]1NCCc2cc(-c3ccccc3COC(F)(F)F)ccc21. The van der Waals surface area contributed by atoms with Gasteiger partial charge in [-0.2, -0.15) is 0 Å². The van der Waals surface area contributed by atoms with E-state index in [1.165, 1.54) is 12.3 Å². The number of aromatic nitrogens is 1. The van der Waals surface area contributed by atoms with Gasteiger partial charge in [-0.05, 0) is 65.3 Å². The molecule has 1 aliphatic heterocycles. The van der Waals surface area contributed by atoms with E-state index in [1.54, 1.807) is 30.5 Å². The lowest BCUT2D eigenvalue weighted by atomic mass is 9.87. The molecule has 1 atom stereocenters. The third-order valence-corrected chi connectivity index (χ3v) is 5.86. The number of carboxylic acid groups (broad SMARTS) is 1. The van der Waals surface area contributed by atoms with Gasteiger partial charge < -0.3 is 10.4 Å². The van der Waals surface area contributed by atoms with Gasteiger partial charge >= 0.3 is 12.3 Å². The lowest BCUT2D eigenvalue weighted by Gasteiger charge is -2.28. The fourth-order valence-corrected chi connectivity index (χ4v) is 4.30. The third-order valence-electron chi connectivity index (χ3n) is 5.86. The second kappa shape index (κ2) is 9.72. The van der Waals surface area contributed by atoms with E-state index in [0.29, 0.717) is 29.5 Å². The summed E-state index contributed by atoms with van der Waals surface area (Å²) in [6.07, 6.45) is 0.446. The van der Waals surface area contributed by atoms with Crippen molar-refractivity contribution in [3.8, 4) is 11.1 Å². The summed E-state index contributed by atoms with van der Waals surface area (Å²) in [5, 5.41) is 12.9. The maximum Gasteiger partial charge on any atom is 0.522 e. The van der Waals surface area contributed by atoms with Gasteiger partial charge in [-0.15, -0.1) is 13.2 Å². The summed E-state index contributed by atoms with van der Waals surface area (Å²) in [5.74, 6) is -0.970. The first-order valence-corrected chi connectivity index (χ1v) is 10.6. The molecule has 0 amide bonds. The van der Waals surface area contributed by atoms with E-state index >= 15 is 0 Å². The number of aryl methyl sites for hydroxylation is 1. The summed E-state index contributed by atoms with van der Waals surface area (Å²) >= 11 is 0. The van der Waals surface area contributed by atoms with Gasteiger partial charge in [0, 0.05) is 18.4 Å². The van der Waals surface area contributed by atoms with Crippen LogP contribution in [0.15, 0.2) is 60.9 Å². The number of benzene rings is 2. The Morgan fingerprint density at radius 2 is 1.97 bits per heavy atom. The molecular formula is C25H23F3N2O3. The molecule has 0 saturated carbocycles. The highest BCUT2D eigenvalue weighted by Gasteiger charge is 2.29. The zero-order chi connectivity index (χ0) is 23.4. The van der Waals surface area contributed by atoms with Gasteiger partial charge in [0.2, 0.25) is 0 Å². The van der Waals surface area contributed by atoms with Crippen molar-refractivity contribution in [2.45, 2.75) is 38.3 Å². The summed E-state index contributed by atoms with van der Waals surface area (Å²) in [6, 6.07) is 14.4. The summed E-state index contributed by atoms with van der Waals surface area (Å²) in [6.45, 7) is 0.219. The first-order valence-electron chi connectivity index (χ1n) is 10.6. The monoisotopic (exact) mass is 456 g/mol. The van der Waals surface area contributed by atoms with E-state index in [9.17, 15) is 23.1 Å². The Morgan fingerprint density at radius 1 is 1.15 bits per heavy atom. The topological polar surface area (TPSA) is 71.5 Å². The van der Waals surface area contributed by atoms with Crippen molar-refractivity contribution in [3.63, 3.8) is 0 Å². The number of aromatic carboxylic acids is 1. The largest absolute Gasteiger partial charge is 0.522 e. The molecule has 172 valence electrons. The van der Waals surface area contributed by atoms with Crippen molar-refractivity contribution >= 4 is 5.97 Å². The fourth-order valence-electron chi connectivity index (χ4n) is 4.30. The number of halogens is 3. The Hall–Kier alpha value is -3.23. The third kappa shape index (κ3) is 5.58. The molecule has 4 rings (SSSR count). The average Bonchev–Trinajstić information content (AvgIpc) is 2.81. The van der Waals surface area contributed by atoms with Gasteiger partial charge in [0.15, 0.2) is 0 Å². The molecule has 2 N–H and O–H groups in total. The quantitative estimate of drug-likeness (QED) is 0.505. The van der Waals surface area contributed by atoms with Gasteiger partial charge in [0.1, 0.15) is 0 Å². The molecule has 1 aliphatic rings. The number of nitrogens with one attached hydrogen (secondary N) is 1. The molecular weight excluding hydrogens is 433 g/mol. The van der Waals surface area contributed by atoms with Crippen LogP contribution < -0.4 is 5.32 Å². The van der Waals surface area contributed by atoms with Crippen LogP contribution in [0.3, 0.4) is 0 Å². The molecule has 0 radical (unpaired) electrons. The first-order chi connectivity index (χ1) is 15.8. The van der Waals surface area contributed by atoms with Gasteiger partial charge in [-0.3, -0.25) is 9.72 Å². The summed E-state index contributed by atoms with van der Waals surface area (Å²) < 4.78 is 41.7. The Morgan fingerprint density at radius 3 is 2.76 bits per heavy atom. The van der Waals surface area contributed by atoms with Crippen LogP contribution in [0.5, 0.6) is 0 Å². The van der Waals surface area contributed by atoms with E-state index in [2.05, 4.69) is 15.0 Å². The van der Waals surface area contributed by atoms with E-state index < -0.39 is 18.9 Å². The highest BCUT2D eigenvalue weighted by molar-refractivity contribution is 5.89. The fraction of sp³-hybridized carbons (Fsp3) is 0.280. The Labute approximate surface area is 189 Å². The van der Waals surface area contributed by atoms with Crippen molar-refractivity contribution in [3.05, 3.63) is 88.7 Å². The van der Waals surface area contributed by atoms with Crippen molar-refractivity contribution in [1.29, 1.82) is 0 Å². The normalized spacial score (nSPS) is 15.8. The molecule has 8 heteroatoms. The van der Waals surface area contributed by atoms with Crippen molar-refractivity contribution in [2.24, 2.45) is 0 Å². The van der Waals surface area contributed by atoms with Crippen LogP contribution in [0, 0.1) is 0 Å². The highest BCUT2D eigenvalue weighted by atomic mass is 19.4. The highest BCUT2D eigenvalue weighted by Crippen LogP contribution is 2.33. The molecule has 3 aromatic rings. The smallest absolute Gasteiger partial charge is 0.478 e. The summed E-state index contributed by atoms with van der Waals surface area (Å²) in [7, 11) is 0. The number of rotatable bonds is 7. The van der Waals surface area contributed by atoms with Crippen molar-refractivity contribution in [1.82, 2.24) is 10.3 Å². The van der Waals surface area contributed by atoms with Crippen molar-refractivity contribution in [2.75, 3.05) is 6.54 Å². The number of carbonyl (C=O) groups is 1. The van der Waals surface area contributed by atoms with Gasteiger partial charge in [-0.25, -0.2) is 4.79 Å². The number of carboxylic acids is 1. The van der Waals surface area contributed by atoms with E-state index in [4.69, 9.17) is 0 Å². The Kier molecular flexibility index (Phi) is 6.76. The van der Waals surface area contributed by atoms with E-state index in [-0.39, 0.29) is 11.6 Å². The maximum atomic E-state index is 12.5. The number of alkyl halides is 3. The molecule has 5 nitrogen and oxygen atoms in total. The molecule has 0 aliphatic carbocycles. The molecule has 2 heterocycles. The van der Waals surface area contributed by atoms with Gasteiger partial charge in [-0.1, -0.05) is 42.5 Å². The van der Waals surface area contributed by atoms with Gasteiger partial charge in [0.25, 0.3) is 0 Å². The number of pyridine rings is 1. The van der Waals surface area contributed by atoms with E-state index in [0.717, 1.165) is 29.7 Å². The minimum absolute atomic E-state index is 0.0495. The van der Waals surface area contributed by atoms with Crippen LogP contribution in [-0.2, 0) is 24.2 Å². The van der Waals surface area contributed by atoms with Crippen LogP contribution in [0.25, 0.3) is 11.1 Å². The standard InChI is InChI=1S/C25H23F3N2O3/c26-25(27,28)33-15-19-3-1-2-4-20(19)16-5-7-21-17(13-16)9-12-30-23(21)8-6-18-14-29-11-10-22(18)24(31)32/h1-5,7,10-11,13-14,23,30H,6,8-9,12,15H2,(H,31,32)/t23-/m1/s1. The number of fused-ring (bicyclic) bond motifs is 1. The summed E-state index contributed by atoms with van der Waals surface area (Å²) in [4.78, 5) is 15.5. The zero-order valence-electron chi connectivity index (χ0n) is 17.7. The number of ether oxygens (including phenoxy) is 1. The molecule has 1 aromatic heterocycles. The minimum Gasteiger partial charge on any atom is -0.478 e. The van der Waals surface area contributed by atoms with Crippen LogP contribution in [-0.4, -0.2) is 29.0 Å².